The first-order valence-corrected chi connectivity index (χ1v) is 10.9. The van der Waals surface area contributed by atoms with Crippen molar-refractivity contribution in [3.8, 4) is 11.1 Å². The summed E-state index contributed by atoms with van der Waals surface area (Å²) < 4.78 is 6.30. The van der Waals surface area contributed by atoms with Crippen molar-refractivity contribution in [1.29, 1.82) is 0 Å². The zero-order valence-corrected chi connectivity index (χ0v) is 15.8. The lowest BCUT2D eigenvalue weighted by molar-refractivity contribution is -0.154. The van der Waals surface area contributed by atoms with Gasteiger partial charge in [-0.2, -0.15) is 0 Å². The smallest absolute Gasteiger partial charge is 0.318 e. The molecule has 0 N–H and O–H groups in total. The predicted molar refractivity (Wildman–Crippen MR) is 108 cm³/mol. The number of carbonyl (C=O) groups excluding carboxylic acids is 1. The molecule has 0 aromatic heterocycles. The van der Waals surface area contributed by atoms with Crippen molar-refractivity contribution in [2.24, 2.45) is 35.5 Å². The molecule has 0 heterocycles. The van der Waals surface area contributed by atoms with E-state index in [1.54, 1.807) is 0 Å². The molecule has 5 aliphatic rings. The zero-order valence-electron chi connectivity index (χ0n) is 15.8. The molecule has 4 bridgehead atoms. The standard InChI is InChI=1S/C26H24O2/c27-26(25-19-7-3-1-5-17(19)18-6-2-4-8-20(18)25)28-22-13-16-12-21(22)24-15-10-9-14(11-15)23(16)24/h1-10,14-16,21-25H,11-13H2. The van der Waals surface area contributed by atoms with Crippen LogP contribution < -0.4 is 0 Å². The first-order valence-electron chi connectivity index (χ1n) is 10.9. The SMILES string of the molecule is O=C(OC1CC2CC1C1C3C=CC(C3)C21)C1c2ccccc2-c2ccccc21. The number of carbonyl (C=O) groups is 1. The maximum atomic E-state index is 13.4. The molecule has 2 aromatic carbocycles. The summed E-state index contributed by atoms with van der Waals surface area (Å²) in [7, 11) is 0. The van der Waals surface area contributed by atoms with Gasteiger partial charge in [0.25, 0.3) is 0 Å². The molecule has 0 spiro atoms. The van der Waals surface area contributed by atoms with Crippen molar-refractivity contribution in [1.82, 2.24) is 0 Å². The van der Waals surface area contributed by atoms with Gasteiger partial charge in [0.15, 0.2) is 0 Å². The van der Waals surface area contributed by atoms with Crippen LogP contribution in [0.3, 0.4) is 0 Å². The summed E-state index contributed by atoms with van der Waals surface area (Å²) in [5.41, 5.74) is 4.59. The van der Waals surface area contributed by atoms with E-state index < -0.39 is 0 Å². The third kappa shape index (κ3) is 1.87. The Morgan fingerprint density at radius 1 is 0.786 bits per heavy atom. The third-order valence-corrected chi connectivity index (χ3v) is 8.55. The Bertz CT molecular complexity index is 975. The van der Waals surface area contributed by atoms with Gasteiger partial charge in [-0.3, -0.25) is 4.79 Å². The Balaban J connectivity index is 1.19. The van der Waals surface area contributed by atoms with Gasteiger partial charge in [0.1, 0.15) is 12.0 Å². The lowest BCUT2D eigenvalue weighted by atomic mass is 9.72. The quantitative estimate of drug-likeness (QED) is 0.414. The lowest BCUT2D eigenvalue weighted by Gasteiger charge is -2.36. The van der Waals surface area contributed by atoms with Crippen molar-refractivity contribution in [3.63, 3.8) is 0 Å². The fourth-order valence-electron chi connectivity index (χ4n) is 7.72. The summed E-state index contributed by atoms with van der Waals surface area (Å²) in [6.45, 7) is 0. The average Bonchev–Trinajstić information content (AvgIpc) is 3.51. The molecule has 28 heavy (non-hydrogen) atoms. The van der Waals surface area contributed by atoms with Crippen molar-refractivity contribution in [2.75, 3.05) is 0 Å². The van der Waals surface area contributed by atoms with E-state index in [9.17, 15) is 4.79 Å². The summed E-state index contributed by atoms with van der Waals surface area (Å²) in [5, 5.41) is 0. The normalized spacial score (nSPS) is 38.5. The van der Waals surface area contributed by atoms with E-state index in [1.165, 1.54) is 24.0 Å². The summed E-state index contributed by atoms with van der Waals surface area (Å²) in [6, 6.07) is 16.6. The van der Waals surface area contributed by atoms with Crippen molar-refractivity contribution >= 4 is 5.97 Å². The minimum Gasteiger partial charge on any atom is -0.461 e. The van der Waals surface area contributed by atoms with E-state index in [2.05, 4.69) is 48.6 Å². The molecule has 7 rings (SSSR count). The molecule has 3 fully saturated rings. The molecule has 0 radical (unpaired) electrons. The first kappa shape index (κ1) is 15.6. The Morgan fingerprint density at radius 2 is 1.43 bits per heavy atom. The number of fused-ring (bicyclic) bond motifs is 12. The van der Waals surface area contributed by atoms with Gasteiger partial charge in [0.05, 0.1) is 0 Å². The molecule has 7 atom stereocenters. The van der Waals surface area contributed by atoms with E-state index in [1.807, 2.05) is 12.1 Å². The molecule has 0 aliphatic heterocycles. The Kier molecular flexibility index (Phi) is 2.99. The number of rotatable bonds is 2. The highest BCUT2D eigenvalue weighted by Gasteiger charge is 2.62. The Hall–Kier alpha value is -2.35. The second-order valence-electron chi connectivity index (χ2n) is 9.58. The van der Waals surface area contributed by atoms with Gasteiger partial charge < -0.3 is 4.74 Å². The van der Waals surface area contributed by atoms with Gasteiger partial charge in [-0.25, -0.2) is 0 Å². The summed E-state index contributed by atoms with van der Waals surface area (Å²) in [4.78, 5) is 13.4. The van der Waals surface area contributed by atoms with E-state index in [0.29, 0.717) is 5.92 Å². The largest absolute Gasteiger partial charge is 0.461 e. The van der Waals surface area contributed by atoms with Gasteiger partial charge in [-0.15, -0.1) is 0 Å². The average molecular weight is 368 g/mol. The zero-order chi connectivity index (χ0) is 18.4. The van der Waals surface area contributed by atoms with Crippen LogP contribution in [-0.2, 0) is 9.53 Å². The van der Waals surface area contributed by atoms with Gasteiger partial charge in [0, 0.05) is 0 Å². The molecule has 0 amide bonds. The van der Waals surface area contributed by atoms with Crippen LogP contribution >= 0.6 is 0 Å². The molecule has 2 heteroatoms. The topological polar surface area (TPSA) is 26.3 Å². The van der Waals surface area contributed by atoms with Crippen LogP contribution in [0, 0.1) is 35.5 Å². The fraction of sp³-hybridized carbons (Fsp3) is 0.423. The second kappa shape index (κ2) is 5.37. The van der Waals surface area contributed by atoms with Gasteiger partial charge in [-0.05, 0) is 77.0 Å². The Morgan fingerprint density at radius 3 is 2.14 bits per heavy atom. The molecule has 5 aliphatic carbocycles. The highest BCUT2D eigenvalue weighted by Crippen LogP contribution is 2.66. The lowest BCUT2D eigenvalue weighted by Crippen LogP contribution is -2.37. The number of hydrogen-bond acceptors (Lipinski definition) is 2. The van der Waals surface area contributed by atoms with Crippen molar-refractivity contribution < 1.29 is 9.53 Å². The van der Waals surface area contributed by atoms with Crippen LogP contribution in [0.25, 0.3) is 11.1 Å². The van der Waals surface area contributed by atoms with E-state index in [-0.39, 0.29) is 18.0 Å². The van der Waals surface area contributed by atoms with Gasteiger partial charge >= 0.3 is 5.97 Å². The third-order valence-electron chi connectivity index (χ3n) is 8.55. The molecule has 7 unspecified atom stereocenters. The first-order chi connectivity index (χ1) is 13.8. The molecule has 3 saturated carbocycles. The van der Waals surface area contributed by atoms with Crippen molar-refractivity contribution in [3.05, 3.63) is 71.8 Å². The molecule has 2 aromatic rings. The maximum Gasteiger partial charge on any atom is 0.318 e. The van der Waals surface area contributed by atoms with E-state index in [0.717, 1.165) is 47.1 Å². The fourth-order valence-corrected chi connectivity index (χ4v) is 7.72. The number of allylic oxidation sites excluding steroid dienone is 2. The van der Waals surface area contributed by atoms with Crippen LogP contribution in [0.5, 0.6) is 0 Å². The Labute approximate surface area is 165 Å². The van der Waals surface area contributed by atoms with Crippen LogP contribution in [0.4, 0.5) is 0 Å². The van der Waals surface area contributed by atoms with Gasteiger partial charge in [0.2, 0.25) is 0 Å². The van der Waals surface area contributed by atoms with E-state index >= 15 is 0 Å². The minimum absolute atomic E-state index is 0.0369. The summed E-state index contributed by atoms with van der Waals surface area (Å²) >= 11 is 0. The predicted octanol–water partition coefficient (Wildman–Crippen LogP) is 5.19. The number of benzene rings is 2. The molecule has 2 nitrogen and oxygen atoms in total. The number of esters is 1. The van der Waals surface area contributed by atoms with Crippen LogP contribution in [-0.4, -0.2) is 12.1 Å². The molecule has 140 valence electrons. The molecular formula is C26H24O2. The van der Waals surface area contributed by atoms with Gasteiger partial charge in [-0.1, -0.05) is 60.7 Å². The maximum absolute atomic E-state index is 13.4. The highest BCUT2D eigenvalue weighted by atomic mass is 16.5. The summed E-state index contributed by atoms with van der Waals surface area (Å²) in [5.74, 6) is 4.28. The van der Waals surface area contributed by atoms with Crippen LogP contribution in [0.15, 0.2) is 60.7 Å². The second-order valence-corrected chi connectivity index (χ2v) is 9.58. The van der Waals surface area contributed by atoms with Crippen molar-refractivity contribution in [2.45, 2.75) is 31.3 Å². The molecular weight excluding hydrogens is 344 g/mol. The van der Waals surface area contributed by atoms with Crippen LogP contribution in [0.1, 0.15) is 36.3 Å². The molecule has 0 saturated heterocycles. The monoisotopic (exact) mass is 368 g/mol. The number of hydrogen-bond donors (Lipinski definition) is 0. The minimum atomic E-state index is -0.262. The van der Waals surface area contributed by atoms with E-state index in [4.69, 9.17) is 4.74 Å². The number of ether oxygens (including phenoxy) is 1. The van der Waals surface area contributed by atoms with Crippen LogP contribution in [0.2, 0.25) is 0 Å². The summed E-state index contributed by atoms with van der Waals surface area (Å²) in [6.07, 6.45) is 8.78. The highest BCUT2D eigenvalue weighted by molar-refractivity contribution is 5.93.